The summed E-state index contributed by atoms with van der Waals surface area (Å²) in [6.07, 6.45) is -0.262. The summed E-state index contributed by atoms with van der Waals surface area (Å²) in [6, 6.07) is 3.44. The average Bonchev–Trinajstić information content (AvgIpc) is 3.27. The van der Waals surface area contributed by atoms with Gasteiger partial charge in [0.15, 0.2) is 18.2 Å². The van der Waals surface area contributed by atoms with E-state index in [9.17, 15) is 27.2 Å². The first-order valence-electron chi connectivity index (χ1n) is 12.2. The van der Waals surface area contributed by atoms with Crippen LogP contribution >= 0.6 is 0 Å². The van der Waals surface area contributed by atoms with E-state index >= 15 is 0 Å². The number of rotatable bonds is 6. The van der Waals surface area contributed by atoms with Crippen LogP contribution in [0.3, 0.4) is 0 Å². The number of fused-ring (bicyclic) bond motifs is 1. The molecule has 3 heterocycles. The van der Waals surface area contributed by atoms with Gasteiger partial charge in [0.25, 0.3) is 0 Å². The second-order valence-electron chi connectivity index (χ2n) is 10.0. The molecule has 1 unspecified atom stereocenters. The summed E-state index contributed by atoms with van der Waals surface area (Å²) in [6.45, 7) is 0.832. The Morgan fingerprint density at radius 3 is 2.65 bits per heavy atom. The van der Waals surface area contributed by atoms with Gasteiger partial charge in [0.1, 0.15) is 12.9 Å². The number of hydrogen-bond donors (Lipinski definition) is 0. The highest BCUT2D eigenvalue weighted by atomic mass is 19.4. The van der Waals surface area contributed by atoms with Gasteiger partial charge in [0.2, 0.25) is 0 Å². The van der Waals surface area contributed by atoms with Gasteiger partial charge in [-0.1, -0.05) is 6.07 Å². The Morgan fingerprint density at radius 2 is 1.97 bits per heavy atom. The number of carbonyl (C=O) groups excluding carboxylic acids is 2. The molecule has 5 rings (SSSR count). The molecule has 0 saturated carbocycles. The third kappa shape index (κ3) is 5.49. The highest BCUT2D eigenvalue weighted by Gasteiger charge is 2.47. The van der Waals surface area contributed by atoms with Gasteiger partial charge in [-0.15, -0.1) is 5.10 Å². The van der Waals surface area contributed by atoms with Crippen molar-refractivity contribution in [3.05, 3.63) is 41.0 Å². The zero-order chi connectivity index (χ0) is 26.2. The normalized spacial score (nSPS) is 20.8. The van der Waals surface area contributed by atoms with Crippen molar-refractivity contribution < 1.29 is 36.6 Å². The number of alkyl halides is 3. The van der Waals surface area contributed by atoms with E-state index < -0.39 is 30.4 Å². The Bertz CT molecular complexity index is 1150. The van der Waals surface area contributed by atoms with Crippen LogP contribution in [0.5, 0.6) is 5.75 Å². The van der Waals surface area contributed by atoms with E-state index in [4.69, 9.17) is 4.74 Å². The van der Waals surface area contributed by atoms with Crippen LogP contribution in [0, 0.1) is 17.2 Å². The summed E-state index contributed by atoms with van der Waals surface area (Å²) in [7, 11) is 0. The molecule has 2 saturated heterocycles. The Morgan fingerprint density at radius 1 is 1.22 bits per heavy atom. The molecule has 1 aliphatic carbocycles. The van der Waals surface area contributed by atoms with Crippen LogP contribution in [0.1, 0.15) is 36.2 Å². The summed E-state index contributed by atoms with van der Waals surface area (Å²) >= 11 is 0. The number of aldehydes is 1. The summed E-state index contributed by atoms with van der Waals surface area (Å²) in [5.41, 5.74) is 2.35. The fourth-order valence-corrected chi connectivity index (χ4v) is 5.22. The number of ether oxygens (including phenoxy) is 2. The van der Waals surface area contributed by atoms with Crippen LogP contribution in [-0.2, 0) is 29.0 Å². The van der Waals surface area contributed by atoms with Gasteiger partial charge in [-0.05, 0) is 48.6 Å². The van der Waals surface area contributed by atoms with E-state index in [2.05, 4.69) is 20.1 Å². The zero-order valence-electron chi connectivity index (χ0n) is 20.0. The van der Waals surface area contributed by atoms with Crippen molar-refractivity contribution in [2.24, 2.45) is 11.3 Å². The van der Waals surface area contributed by atoms with Gasteiger partial charge in [0.05, 0.1) is 11.4 Å². The molecule has 200 valence electrons. The summed E-state index contributed by atoms with van der Waals surface area (Å²) in [5, 5.41) is 10.7. The molecule has 1 spiro atoms. The monoisotopic (exact) mass is 525 g/mol. The SMILES string of the molecule is O=CC1CCc2nnn(N3CC4(CCN(C(=O)OCc5ccc(OCC(F)(F)F)c(F)c5)CC4)C3)c2C1. The number of likely N-dealkylation sites (tertiary alicyclic amines) is 1. The van der Waals surface area contributed by atoms with Crippen molar-refractivity contribution in [3.8, 4) is 5.75 Å². The second kappa shape index (κ2) is 9.82. The Hall–Kier alpha value is -3.38. The standard InChI is InChI=1S/C24H27F4N5O4/c25-18-9-17(2-4-21(18)37-15-24(26,27)28)12-36-22(35)31-7-5-23(6-8-31)13-32(14-23)33-20-10-16(11-34)1-3-19(20)29-30-33/h2,4,9,11,16H,1,3,5-8,10,12-15H2. The van der Waals surface area contributed by atoms with Crippen molar-refractivity contribution in [2.75, 3.05) is 37.8 Å². The fraction of sp³-hybridized carbons (Fsp3) is 0.583. The highest BCUT2D eigenvalue weighted by molar-refractivity contribution is 5.67. The van der Waals surface area contributed by atoms with Gasteiger partial charge in [-0.2, -0.15) is 18.0 Å². The molecule has 1 aromatic heterocycles. The van der Waals surface area contributed by atoms with Crippen LogP contribution in [0.15, 0.2) is 18.2 Å². The van der Waals surface area contributed by atoms with E-state index in [0.29, 0.717) is 25.1 Å². The number of halogens is 4. The van der Waals surface area contributed by atoms with Crippen molar-refractivity contribution in [2.45, 2.75) is 44.9 Å². The number of amides is 1. The van der Waals surface area contributed by atoms with E-state index in [-0.39, 0.29) is 17.9 Å². The molecule has 9 nitrogen and oxygen atoms in total. The average molecular weight is 526 g/mol. The molecule has 0 radical (unpaired) electrons. The largest absolute Gasteiger partial charge is 0.481 e. The molecule has 13 heteroatoms. The van der Waals surface area contributed by atoms with Crippen LogP contribution in [0.2, 0.25) is 0 Å². The lowest BCUT2D eigenvalue weighted by molar-refractivity contribution is -0.153. The zero-order valence-corrected chi connectivity index (χ0v) is 20.0. The summed E-state index contributed by atoms with van der Waals surface area (Å²) in [5.74, 6) is -1.47. The Balaban J connectivity index is 1.08. The van der Waals surface area contributed by atoms with Gasteiger partial charge >= 0.3 is 12.3 Å². The van der Waals surface area contributed by atoms with Crippen LogP contribution in [-0.4, -0.2) is 71.3 Å². The molecule has 1 amide bonds. The summed E-state index contributed by atoms with van der Waals surface area (Å²) in [4.78, 5) is 27.2. The lowest BCUT2D eigenvalue weighted by atomic mass is 9.73. The minimum absolute atomic E-state index is 0.00591. The van der Waals surface area contributed by atoms with E-state index in [1.165, 1.54) is 6.07 Å². The van der Waals surface area contributed by atoms with Crippen LogP contribution in [0.25, 0.3) is 0 Å². The third-order valence-corrected chi connectivity index (χ3v) is 7.36. The molecule has 2 fully saturated rings. The Labute approximate surface area is 210 Å². The molecule has 1 atom stereocenters. The third-order valence-electron chi connectivity index (χ3n) is 7.36. The number of aryl methyl sites for hydroxylation is 1. The fourth-order valence-electron chi connectivity index (χ4n) is 5.22. The molecule has 0 bridgehead atoms. The lowest BCUT2D eigenvalue weighted by Gasteiger charge is -2.54. The van der Waals surface area contributed by atoms with Crippen LogP contribution < -0.4 is 9.75 Å². The maximum Gasteiger partial charge on any atom is 0.422 e. The van der Waals surface area contributed by atoms with Crippen molar-refractivity contribution >= 4 is 12.4 Å². The number of benzene rings is 1. The Kier molecular flexibility index (Phi) is 6.71. The first-order chi connectivity index (χ1) is 17.6. The molecule has 2 aliphatic heterocycles. The molecule has 37 heavy (non-hydrogen) atoms. The minimum Gasteiger partial charge on any atom is -0.481 e. The van der Waals surface area contributed by atoms with E-state index in [1.807, 2.05) is 4.79 Å². The maximum absolute atomic E-state index is 14.0. The molecule has 3 aliphatic rings. The number of carbonyl (C=O) groups is 2. The summed E-state index contributed by atoms with van der Waals surface area (Å²) < 4.78 is 60.5. The van der Waals surface area contributed by atoms with Gasteiger partial charge in [-0.3, -0.25) is 5.01 Å². The molecular weight excluding hydrogens is 498 g/mol. The highest BCUT2D eigenvalue weighted by Crippen LogP contribution is 2.40. The first kappa shape index (κ1) is 25.3. The topological polar surface area (TPSA) is 89.8 Å². The number of aromatic nitrogens is 3. The molecular formula is C24H27F4N5O4. The predicted octanol–water partition coefficient (Wildman–Crippen LogP) is 3.03. The van der Waals surface area contributed by atoms with E-state index in [1.54, 1.807) is 4.90 Å². The van der Waals surface area contributed by atoms with Crippen molar-refractivity contribution in [3.63, 3.8) is 0 Å². The molecule has 1 aromatic carbocycles. The molecule has 0 N–H and O–H groups in total. The predicted molar refractivity (Wildman–Crippen MR) is 121 cm³/mol. The quantitative estimate of drug-likeness (QED) is 0.423. The number of piperidine rings is 1. The molecule has 2 aromatic rings. The van der Waals surface area contributed by atoms with Crippen LogP contribution in [0.4, 0.5) is 22.4 Å². The van der Waals surface area contributed by atoms with Gasteiger partial charge < -0.3 is 19.2 Å². The van der Waals surface area contributed by atoms with Gasteiger partial charge in [-0.25, -0.2) is 9.18 Å². The first-order valence-corrected chi connectivity index (χ1v) is 12.2. The van der Waals surface area contributed by atoms with Crippen molar-refractivity contribution in [1.82, 2.24) is 20.0 Å². The lowest BCUT2D eigenvalue weighted by Crippen LogP contribution is -2.65. The number of hydrogen-bond acceptors (Lipinski definition) is 7. The second-order valence-corrected chi connectivity index (χ2v) is 10.0. The maximum atomic E-state index is 14.0. The van der Waals surface area contributed by atoms with Gasteiger partial charge in [0, 0.05) is 43.9 Å². The number of nitrogens with zero attached hydrogens (tertiary/aromatic N) is 5. The smallest absolute Gasteiger partial charge is 0.422 e. The minimum atomic E-state index is -4.57. The van der Waals surface area contributed by atoms with Crippen molar-refractivity contribution in [1.29, 1.82) is 0 Å². The van der Waals surface area contributed by atoms with E-state index in [0.717, 1.165) is 68.6 Å².